The van der Waals surface area contributed by atoms with Gasteiger partial charge in [-0.1, -0.05) is 19.1 Å². The summed E-state index contributed by atoms with van der Waals surface area (Å²) in [6, 6.07) is 8.22. The minimum atomic E-state index is 0.355. The van der Waals surface area contributed by atoms with Crippen LogP contribution < -0.4 is 5.32 Å². The molecule has 0 aliphatic heterocycles. The van der Waals surface area contributed by atoms with Crippen molar-refractivity contribution in [1.29, 1.82) is 0 Å². The molecule has 1 aliphatic carbocycles. The number of nitrogens with one attached hydrogen (secondary N) is 1. The van der Waals surface area contributed by atoms with Crippen molar-refractivity contribution in [2.45, 2.75) is 39.2 Å². The molecule has 0 amide bonds. The largest absolute Gasteiger partial charge is 0.508 e. The molecule has 16 heavy (non-hydrogen) atoms. The molecule has 2 rings (SSSR count). The second-order valence-corrected chi connectivity index (χ2v) is 4.98. The topological polar surface area (TPSA) is 32.3 Å². The van der Waals surface area contributed by atoms with Crippen molar-refractivity contribution >= 4 is 0 Å². The van der Waals surface area contributed by atoms with Gasteiger partial charge in [-0.2, -0.15) is 0 Å². The van der Waals surface area contributed by atoms with E-state index in [9.17, 15) is 5.11 Å². The average Bonchev–Trinajstić information content (AvgIpc) is 3.03. The molecule has 1 atom stereocenters. The lowest BCUT2D eigenvalue weighted by Gasteiger charge is -2.24. The fourth-order valence-electron chi connectivity index (χ4n) is 2.47. The van der Waals surface area contributed by atoms with Crippen molar-refractivity contribution in [1.82, 2.24) is 5.32 Å². The van der Waals surface area contributed by atoms with E-state index in [0.29, 0.717) is 17.2 Å². The molecule has 2 heteroatoms. The molecule has 1 unspecified atom stereocenters. The first-order valence-corrected chi connectivity index (χ1v) is 6.17. The molecular weight excluding hydrogens is 198 g/mol. The van der Waals surface area contributed by atoms with E-state index in [2.05, 4.69) is 19.2 Å². The summed E-state index contributed by atoms with van der Waals surface area (Å²) in [5, 5.41) is 12.8. The van der Waals surface area contributed by atoms with Gasteiger partial charge in [-0.25, -0.2) is 0 Å². The predicted molar refractivity (Wildman–Crippen MR) is 66.6 cm³/mol. The van der Waals surface area contributed by atoms with Crippen LogP contribution in [0.5, 0.6) is 5.75 Å². The van der Waals surface area contributed by atoms with Gasteiger partial charge < -0.3 is 10.4 Å². The van der Waals surface area contributed by atoms with Crippen LogP contribution in [0.25, 0.3) is 0 Å². The van der Waals surface area contributed by atoms with Gasteiger partial charge >= 0.3 is 0 Å². The Morgan fingerprint density at radius 3 is 2.44 bits per heavy atom. The number of phenols is 1. The van der Waals surface area contributed by atoms with Crippen molar-refractivity contribution in [3.05, 3.63) is 29.8 Å². The van der Waals surface area contributed by atoms with E-state index in [0.717, 1.165) is 13.0 Å². The molecule has 88 valence electrons. The quantitative estimate of drug-likeness (QED) is 0.798. The van der Waals surface area contributed by atoms with Crippen LogP contribution in [0.15, 0.2) is 24.3 Å². The monoisotopic (exact) mass is 219 g/mol. The number of hydrogen-bond acceptors (Lipinski definition) is 2. The highest BCUT2D eigenvalue weighted by atomic mass is 16.3. The number of hydrogen-bond donors (Lipinski definition) is 2. The molecule has 0 bridgehead atoms. The molecule has 2 nitrogen and oxygen atoms in total. The highest BCUT2D eigenvalue weighted by molar-refractivity contribution is 5.27. The SMILES string of the molecule is CCNC(C)C1(Cc2ccc(O)cc2)CC1. The zero-order valence-electron chi connectivity index (χ0n) is 10.2. The first-order chi connectivity index (χ1) is 7.66. The van der Waals surface area contributed by atoms with Gasteiger partial charge in [-0.15, -0.1) is 0 Å². The second kappa shape index (κ2) is 4.46. The number of benzene rings is 1. The third-order valence-electron chi connectivity index (χ3n) is 3.81. The fourth-order valence-corrected chi connectivity index (χ4v) is 2.47. The third kappa shape index (κ3) is 2.38. The fraction of sp³-hybridized carbons (Fsp3) is 0.571. The van der Waals surface area contributed by atoms with E-state index in [1.165, 1.54) is 18.4 Å². The maximum absolute atomic E-state index is 9.25. The molecule has 0 heterocycles. The van der Waals surface area contributed by atoms with Crippen LogP contribution >= 0.6 is 0 Å². The Hall–Kier alpha value is -1.02. The molecule has 1 aromatic carbocycles. The minimum absolute atomic E-state index is 0.355. The Bertz CT molecular complexity index is 340. The van der Waals surface area contributed by atoms with E-state index >= 15 is 0 Å². The van der Waals surface area contributed by atoms with Gasteiger partial charge in [-0.3, -0.25) is 0 Å². The van der Waals surface area contributed by atoms with Crippen molar-refractivity contribution in [2.75, 3.05) is 6.54 Å². The minimum Gasteiger partial charge on any atom is -0.508 e. The summed E-state index contributed by atoms with van der Waals surface area (Å²) in [6.45, 7) is 5.49. The maximum Gasteiger partial charge on any atom is 0.115 e. The van der Waals surface area contributed by atoms with Crippen LogP contribution in [0.4, 0.5) is 0 Å². The summed E-state index contributed by atoms with van der Waals surface area (Å²) in [5.41, 5.74) is 1.80. The van der Waals surface area contributed by atoms with Gasteiger partial charge in [0.05, 0.1) is 0 Å². The highest BCUT2D eigenvalue weighted by Crippen LogP contribution is 2.51. The molecule has 1 aliphatic rings. The van der Waals surface area contributed by atoms with E-state index in [1.807, 2.05) is 12.1 Å². The maximum atomic E-state index is 9.25. The summed E-state index contributed by atoms with van der Waals surface area (Å²) in [7, 11) is 0. The van der Waals surface area contributed by atoms with Crippen LogP contribution in [-0.4, -0.2) is 17.7 Å². The number of phenolic OH excluding ortho intramolecular Hbond substituents is 1. The molecule has 1 aromatic rings. The lowest BCUT2D eigenvalue weighted by atomic mass is 9.90. The summed E-state index contributed by atoms with van der Waals surface area (Å²) in [5.74, 6) is 0.355. The van der Waals surface area contributed by atoms with Crippen LogP contribution in [0.2, 0.25) is 0 Å². The second-order valence-electron chi connectivity index (χ2n) is 4.98. The van der Waals surface area contributed by atoms with Gasteiger partial charge in [0, 0.05) is 6.04 Å². The normalized spacial score (nSPS) is 19.4. The highest BCUT2D eigenvalue weighted by Gasteiger charge is 2.46. The summed E-state index contributed by atoms with van der Waals surface area (Å²) in [4.78, 5) is 0. The Morgan fingerprint density at radius 1 is 1.31 bits per heavy atom. The standard InChI is InChI=1S/C14H21NO/c1-3-15-11(2)14(8-9-14)10-12-4-6-13(16)7-5-12/h4-7,11,15-16H,3,8-10H2,1-2H3. The molecule has 0 radical (unpaired) electrons. The number of aromatic hydroxyl groups is 1. The van der Waals surface area contributed by atoms with E-state index in [-0.39, 0.29) is 0 Å². The molecule has 0 spiro atoms. The molecule has 1 saturated carbocycles. The smallest absolute Gasteiger partial charge is 0.115 e. The molecule has 0 aromatic heterocycles. The average molecular weight is 219 g/mol. The molecule has 2 N–H and O–H groups in total. The van der Waals surface area contributed by atoms with Crippen LogP contribution in [0, 0.1) is 5.41 Å². The number of rotatable bonds is 5. The van der Waals surface area contributed by atoms with Crippen molar-refractivity contribution in [3.8, 4) is 5.75 Å². The summed E-state index contributed by atoms with van der Waals surface area (Å²) in [6.07, 6.45) is 3.77. The first-order valence-electron chi connectivity index (χ1n) is 6.17. The van der Waals surface area contributed by atoms with E-state index in [1.54, 1.807) is 12.1 Å². The molecule has 1 fully saturated rings. The van der Waals surface area contributed by atoms with Gasteiger partial charge in [-0.05, 0) is 55.8 Å². The molecule has 0 saturated heterocycles. The van der Waals surface area contributed by atoms with Crippen LogP contribution in [-0.2, 0) is 6.42 Å². The summed E-state index contributed by atoms with van der Waals surface area (Å²) >= 11 is 0. The Kier molecular flexibility index (Phi) is 3.20. The lowest BCUT2D eigenvalue weighted by Crippen LogP contribution is -2.35. The zero-order valence-corrected chi connectivity index (χ0v) is 10.2. The van der Waals surface area contributed by atoms with Crippen molar-refractivity contribution in [3.63, 3.8) is 0 Å². The third-order valence-corrected chi connectivity index (χ3v) is 3.81. The van der Waals surface area contributed by atoms with Gasteiger partial charge in [0.25, 0.3) is 0 Å². The predicted octanol–water partition coefficient (Wildman–Crippen LogP) is 2.71. The van der Waals surface area contributed by atoms with Gasteiger partial charge in [0.15, 0.2) is 0 Å². The van der Waals surface area contributed by atoms with Gasteiger partial charge in [0.2, 0.25) is 0 Å². The van der Waals surface area contributed by atoms with Gasteiger partial charge in [0.1, 0.15) is 5.75 Å². The van der Waals surface area contributed by atoms with Crippen molar-refractivity contribution < 1.29 is 5.11 Å². The van der Waals surface area contributed by atoms with Crippen LogP contribution in [0.1, 0.15) is 32.3 Å². The van der Waals surface area contributed by atoms with Crippen molar-refractivity contribution in [2.24, 2.45) is 5.41 Å². The Labute approximate surface area is 97.7 Å². The summed E-state index contributed by atoms with van der Waals surface area (Å²) < 4.78 is 0. The van der Waals surface area contributed by atoms with E-state index < -0.39 is 0 Å². The first kappa shape index (κ1) is 11.5. The van der Waals surface area contributed by atoms with E-state index in [4.69, 9.17) is 0 Å². The Morgan fingerprint density at radius 2 is 1.94 bits per heavy atom. The van der Waals surface area contributed by atoms with Crippen LogP contribution in [0.3, 0.4) is 0 Å². The Balaban J connectivity index is 2.01. The lowest BCUT2D eigenvalue weighted by molar-refractivity contribution is 0.355. The molecular formula is C14H21NO. The zero-order chi connectivity index (χ0) is 11.6.